The van der Waals surface area contributed by atoms with Gasteiger partial charge in [-0.1, -0.05) is 34.8 Å². The van der Waals surface area contributed by atoms with Crippen molar-refractivity contribution in [1.29, 1.82) is 0 Å². The summed E-state index contributed by atoms with van der Waals surface area (Å²) in [6.45, 7) is 1.74. The van der Waals surface area contributed by atoms with Crippen LogP contribution in [0.2, 0.25) is 0 Å². The molecule has 0 bridgehead atoms. The second-order valence-electron chi connectivity index (χ2n) is 1.21. The first-order chi connectivity index (χ1) is 3.63. The summed E-state index contributed by atoms with van der Waals surface area (Å²) in [6, 6.07) is 0. The van der Waals surface area contributed by atoms with Crippen LogP contribution in [0.5, 0.6) is 0 Å². The van der Waals surface area contributed by atoms with E-state index in [0.717, 1.165) is 0 Å². The molecule has 0 nitrogen and oxygen atoms in total. The number of allylic oxidation sites excluding steroid dienone is 3. The van der Waals surface area contributed by atoms with Gasteiger partial charge in [0.1, 0.15) is 4.49 Å². The minimum absolute atomic E-state index is 0.213. The predicted octanol–water partition coefficient (Wildman–Crippen LogP) is 3.45. The highest BCUT2D eigenvalue weighted by molar-refractivity contribution is 6.56. The first-order valence-corrected chi connectivity index (χ1v) is 3.11. The molecule has 0 fully saturated rings. The van der Waals surface area contributed by atoms with E-state index in [1.54, 1.807) is 13.0 Å². The Balaban J connectivity index is 3.76. The Bertz CT molecular complexity index is 99.6. The van der Waals surface area contributed by atoms with Gasteiger partial charge in [0.05, 0.1) is 0 Å². The Labute approximate surface area is 63.7 Å². The highest BCUT2D eigenvalue weighted by Gasteiger charge is 1.78. The Morgan fingerprint density at radius 2 is 1.62 bits per heavy atom. The quantitative estimate of drug-likeness (QED) is 0.530. The van der Waals surface area contributed by atoms with Crippen LogP contribution in [0.3, 0.4) is 0 Å². The number of halogens is 3. The van der Waals surface area contributed by atoms with Gasteiger partial charge in [0.2, 0.25) is 0 Å². The molecule has 0 aromatic carbocycles. The standard InChI is InChI=1S/C5H5Cl3/c1-4(6)2-3-5(7)8/h2-3H,1H3/b4-2-. The van der Waals surface area contributed by atoms with Crippen LogP contribution >= 0.6 is 34.8 Å². The van der Waals surface area contributed by atoms with Gasteiger partial charge in [-0.25, -0.2) is 0 Å². The van der Waals surface area contributed by atoms with Crippen LogP contribution in [0.4, 0.5) is 0 Å². The summed E-state index contributed by atoms with van der Waals surface area (Å²) in [5, 5.41) is 0.656. The van der Waals surface area contributed by atoms with E-state index in [2.05, 4.69) is 0 Å². The fourth-order valence-electron chi connectivity index (χ4n) is 0.178. The molecule has 0 aliphatic heterocycles. The van der Waals surface area contributed by atoms with Gasteiger partial charge < -0.3 is 0 Å². The van der Waals surface area contributed by atoms with Crippen LogP contribution < -0.4 is 0 Å². The van der Waals surface area contributed by atoms with Gasteiger partial charge in [-0.3, -0.25) is 0 Å². The Kier molecular flexibility index (Phi) is 4.44. The van der Waals surface area contributed by atoms with E-state index in [4.69, 9.17) is 34.8 Å². The summed E-state index contributed by atoms with van der Waals surface area (Å²) in [5.74, 6) is 0. The summed E-state index contributed by atoms with van der Waals surface area (Å²) in [6.07, 6.45) is 3.14. The van der Waals surface area contributed by atoms with Crippen LogP contribution in [-0.4, -0.2) is 0 Å². The zero-order valence-electron chi connectivity index (χ0n) is 4.29. The maximum Gasteiger partial charge on any atom is 0.106 e. The van der Waals surface area contributed by atoms with Crippen molar-refractivity contribution in [3.05, 3.63) is 21.7 Å². The van der Waals surface area contributed by atoms with Crippen molar-refractivity contribution in [1.82, 2.24) is 0 Å². The Morgan fingerprint density at radius 3 is 1.75 bits per heavy atom. The van der Waals surface area contributed by atoms with Crippen LogP contribution in [0.1, 0.15) is 6.92 Å². The van der Waals surface area contributed by atoms with E-state index in [1.807, 2.05) is 0 Å². The molecule has 0 aromatic rings. The smallest absolute Gasteiger partial charge is 0.0895 e. The van der Waals surface area contributed by atoms with Gasteiger partial charge in [-0.2, -0.15) is 0 Å². The molecule has 0 saturated carbocycles. The number of hydrogen-bond donors (Lipinski definition) is 0. The van der Waals surface area contributed by atoms with E-state index in [1.165, 1.54) is 6.08 Å². The van der Waals surface area contributed by atoms with Crippen molar-refractivity contribution in [3.8, 4) is 0 Å². The summed E-state index contributed by atoms with van der Waals surface area (Å²) in [4.78, 5) is 0. The molecule has 46 valence electrons. The molecule has 0 aliphatic carbocycles. The van der Waals surface area contributed by atoms with E-state index >= 15 is 0 Å². The van der Waals surface area contributed by atoms with Crippen molar-refractivity contribution < 1.29 is 0 Å². The molecule has 0 rings (SSSR count). The van der Waals surface area contributed by atoms with E-state index in [0.29, 0.717) is 5.03 Å². The Morgan fingerprint density at radius 1 is 1.12 bits per heavy atom. The highest BCUT2D eigenvalue weighted by Crippen LogP contribution is 2.08. The number of rotatable bonds is 1. The van der Waals surface area contributed by atoms with Gasteiger partial charge in [0, 0.05) is 5.03 Å². The fraction of sp³-hybridized carbons (Fsp3) is 0.200. The molecule has 0 saturated heterocycles. The first-order valence-electron chi connectivity index (χ1n) is 1.98. The second kappa shape index (κ2) is 4.25. The fourth-order valence-corrected chi connectivity index (χ4v) is 0.367. The lowest BCUT2D eigenvalue weighted by atomic mass is 10.5. The molecule has 0 radical (unpaired) electrons. The summed E-state index contributed by atoms with van der Waals surface area (Å²) < 4.78 is 0.213. The minimum Gasteiger partial charge on any atom is -0.0895 e. The summed E-state index contributed by atoms with van der Waals surface area (Å²) in [7, 11) is 0. The highest BCUT2D eigenvalue weighted by atomic mass is 35.5. The second-order valence-corrected chi connectivity index (χ2v) is 2.81. The summed E-state index contributed by atoms with van der Waals surface area (Å²) >= 11 is 15.9. The molecule has 0 heterocycles. The topological polar surface area (TPSA) is 0 Å². The van der Waals surface area contributed by atoms with Crippen LogP contribution in [0.15, 0.2) is 21.7 Å². The average Bonchev–Trinajstić information content (AvgIpc) is 1.61. The molecule has 0 N–H and O–H groups in total. The van der Waals surface area contributed by atoms with Gasteiger partial charge in [0.25, 0.3) is 0 Å². The minimum atomic E-state index is 0.213. The monoisotopic (exact) mass is 170 g/mol. The third-order valence-electron chi connectivity index (χ3n) is 0.439. The first kappa shape index (κ1) is 8.35. The lowest BCUT2D eigenvalue weighted by molar-refractivity contribution is 1.66. The Hall–Kier alpha value is 0.350. The maximum absolute atomic E-state index is 5.42. The average molecular weight is 171 g/mol. The summed E-state index contributed by atoms with van der Waals surface area (Å²) in [5.41, 5.74) is 0. The van der Waals surface area contributed by atoms with Crippen LogP contribution in [0, 0.1) is 0 Å². The molecule has 3 heteroatoms. The van der Waals surface area contributed by atoms with Crippen molar-refractivity contribution in [2.75, 3.05) is 0 Å². The van der Waals surface area contributed by atoms with Crippen molar-refractivity contribution in [3.63, 3.8) is 0 Å². The molecule has 0 unspecified atom stereocenters. The van der Waals surface area contributed by atoms with Crippen LogP contribution in [0.25, 0.3) is 0 Å². The van der Waals surface area contributed by atoms with E-state index < -0.39 is 0 Å². The van der Waals surface area contributed by atoms with Gasteiger partial charge in [-0.05, 0) is 19.1 Å². The van der Waals surface area contributed by atoms with E-state index in [-0.39, 0.29) is 4.49 Å². The molecule has 0 aromatic heterocycles. The molecule has 0 aliphatic rings. The van der Waals surface area contributed by atoms with Crippen LogP contribution in [-0.2, 0) is 0 Å². The molecular weight excluding hydrogens is 166 g/mol. The lowest BCUT2D eigenvalue weighted by Gasteiger charge is -1.78. The molecule has 0 amide bonds. The van der Waals surface area contributed by atoms with Crippen molar-refractivity contribution >= 4 is 34.8 Å². The molecule has 0 spiro atoms. The molecule has 0 atom stereocenters. The predicted molar refractivity (Wildman–Crippen MR) is 39.4 cm³/mol. The third kappa shape index (κ3) is 6.35. The molecular formula is C5H5Cl3. The van der Waals surface area contributed by atoms with Gasteiger partial charge in [0.15, 0.2) is 0 Å². The zero-order valence-corrected chi connectivity index (χ0v) is 6.56. The van der Waals surface area contributed by atoms with E-state index in [9.17, 15) is 0 Å². The zero-order chi connectivity index (χ0) is 6.57. The molecule has 8 heavy (non-hydrogen) atoms. The SMILES string of the molecule is C/C(Cl)=C/C=C(Cl)Cl. The van der Waals surface area contributed by atoms with Gasteiger partial charge >= 0.3 is 0 Å². The van der Waals surface area contributed by atoms with Crippen molar-refractivity contribution in [2.45, 2.75) is 6.92 Å². The normalized spacial score (nSPS) is 11.2. The largest absolute Gasteiger partial charge is 0.106 e. The van der Waals surface area contributed by atoms with Gasteiger partial charge in [-0.15, -0.1) is 0 Å². The third-order valence-corrected chi connectivity index (χ3v) is 0.817. The van der Waals surface area contributed by atoms with Crippen molar-refractivity contribution in [2.24, 2.45) is 0 Å². The number of hydrogen-bond acceptors (Lipinski definition) is 0. The lowest BCUT2D eigenvalue weighted by Crippen LogP contribution is -1.54. The maximum atomic E-state index is 5.42.